The number of rotatable bonds is 5. The summed E-state index contributed by atoms with van der Waals surface area (Å²) in [6.45, 7) is 5.60. The van der Waals surface area contributed by atoms with Gasteiger partial charge in [-0.15, -0.1) is 35.3 Å². The standard InChI is InChI=1S/C16H21ClN4S.HI/c1-11(2)15-21-13(10-22-15)9-20-16(18-3)19-8-12-6-4-5-7-14(12)17;/h4-7,10-11H,8-9H2,1-3H3,(H2,18,19,20);1H. The minimum atomic E-state index is 0. The molecular formula is C16H22ClIN4S. The molecule has 1 aromatic carbocycles. The highest BCUT2D eigenvalue weighted by molar-refractivity contribution is 14.0. The summed E-state index contributed by atoms with van der Waals surface area (Å²) in [5, 5.41) is 10.5. The highest BCUT2D eigenvalue weighted by Gasteiger charge is 2.07. The van der Waals surface area contributed by atoms with Crippen LogP contribution in [0, 0.1) is 0 Å². The van der Waals surface area contributed by atoms with E-state index in [2.05, 4.69) is 39.8 Å². The van der Waals surface area contributed by atoms with Crippen molar-refractivity contribution in [3.05, 3.63) is 50.9 Å². The zero-order valence-electron chi connectivity index (χ0n) is 13.5. The lowest BCUT2D eigenvalue weighted by Gasteiger charge is -2.11. The Morgan fingerprint density at radius 3 is 2.57 bits per heavy atom. The molecule has 0 unspecified atom stereocenters. The predicted octanol–water partition coefficient (Wildman–Crippen LogP) is 4.40. The van der Waals surface area contributed by atoms with Crippen molar-refractivity contribution >= 4 is 52.9 Å². The molecule has 0 fully saturated rings. The zero-order valence-corrected chi connectivity index (χ0v) is 17.4. The smallest absolute Gasteiger partial charge is 0.191 e. The fraction of sp³-hybridized carbons (Fsp3) is 0.375. The summed E-state index contributed by atoms with van der Waals surface area (Å²) in [5.74, 6) is 1.20. The van der Waals surface area contributed by atoms with Crippen molar-refractivity contribution in [3.63, 3.8) is 0 Å². The van der Waals surface area contributed by atoms with Crippen LogP contribution < -0.4 is 10.6 Å². The van der Waals surface area contributed by atoms with Crippen LogP contribution in [0.2, 0.25) is 5.02 Å². The largest absolute Gasteiger partial charge is 0.352 e. The number of aliphatic imine (C=N–C) groups is 1. The van der Waals surface area contributed by atoms with Crippen molar-refractivity contribution in [3.8, 4) is 0 Å². The quantitative estimate of drug-likeness (QED) is 0.392. The Hall–Kier alpha value is -0.860. The van der Waals surface area contributed by atoms with E-state index in [1.807, 2.05) is 24.3 Å². The maximum absolute atomic E-state index is 6.15. The minimum Gasteiger partial charge on any atom is -0.352 e. The van der Waals surface area contributed by atoms with Gasteiger partial charge < -0.3 is 10.6 Å². The molecular weight excluding hydrogens is 443 g/mol. The highest BCUT2D eigenvalue weighted by atomic mass is 127. The molecule has 4 nitrogen and oxygen atoms in total. The van der Waals surface area contributed by atoms with Crippen molar-refractivity contribution in [1.82, 2.24) is 15.6 Å². The van der Waals surface area contributed by atoms with Crippen LogP contribution >= 0.6 is 46.9 Å². The van der Waals surface area contributed by atoms with E-state index in [0.29, 0.717) is 19.0 Å². The monoisotopic (exact) mass is 464 g/mol. The van der Waals surface area contributed by atoms with Gasteiger partial charge in [0.15, 0.2) is 5.96 Å². The maximum Gasteiger partial charge on any atom is 0.191 e. The number of aromatic nitrogens is 1. The first kappa shape index (κ1) is 20.2. The van der Waals surface area contributed by atoms with Crippen molar-refractivity contribution < 1.29 is 0 Å². The van der Waals surface area contributed by atoms with E-state index in [1.54, 1.807) is 18.4 Å². The number of nitrogens with one attached hydrogen (secondary N) is 2. The number of hydrogen-bond acceptors (Lipinski definition) is 3. The first-order valence-electron chi connectivity index (χ1n) is 7.22. The fourth-order valence-corrected chi connectivity index (χ4v) is 2.92. The molecule has 1 heterocycles. The first-order valence-corrected chi connectivity index (χ1v) is 8.48. The van der Waals surface area contributed by atoms with Gasteiger partial charge in [-0.05, 0) is 11.6 Å². The van der Waals surface area contributed by atoms with E-state index < -0.39 is 0 Å². The molecule has 0 aliphatic carbocycles. The van der Waals surface area contributed by atoms with Crippen LogP contribution in [0.4, 0.5) is 0 Å². The van der Waals surface area contributed by atoms with Gasteiger partial charge in [0.25, 0.3) is 0 Å². The van der Waals surface area contributed by atoms with Crippen LogP contribution in [-0.2, 0) is 13.1 Å². The van der Waals surface area contributed by atoms with E-state index in [-0.39, 0.29) is 24.0 Å². The Kier molecular flexibility index (Phi) is 8.86. The van der Waals surface area contributed by atoms with Crippen LogP contribution in [0.3, 0.4) is 0 Å². The van der Waals surface area contributed by atoms with Gasteiger partial charge in [0.1, 0.15) is 0 Å². The van der Waals surface area contributed by atoms with E-state index in [9.17, 15) is 0 Å². The van der Waals surface area contributed by atoms with E-state index in [0.717, 1.165) is 27.2 Å². The molecule has 0 aliphatic heterocycles. The van der Waals surface area contributed by atoms with Gasteiger partial charge in [-0.25, -0.2) is 4.98 Å². The molecule has 1 aromatic heterocycles. The predicted molar refractivity (Wildman–Crippen MR) is 110 cm³/mol. The zero-order chi connectivity index (χ0) is 15.9. The van der Waals surface area contributed by atoms with Gasteiger partial charge in [-0.3, -0.25) is 4.99 Å². The lowest BCUT2D eigenvalue weighted by Crippen LogP contribution is -2.36. The molecule has 0 spiro atoms. The second kappa shape index (κ2) is 10.1. The molecule has 0 saturated heterocycles. The van der Waals surface area contributed by atoms with Crippen molar-refractivity contribution in [1.29, 1.82) is 0 Å². The molecule has 2 N–H and O–H groups in total. The third-order valence-corrected chi connectivity index (χ3v) is 4.69. The summed E-state index contributed by atoms with van der Waals surface area (Å²) >= 11 is 7.85. The lowest BCUT2D eigenvalue weighted by atomic mass is 10.2. The molecule has 2 aromatic rings. The molecule has 0 saturated carbocycles. The molecule has 7 heteroatoms. The number of guanidine groups is 1. The lowest BCUT2D eigenvalue weighted by molar-refractivity contribution is 0.783. The SMILES string of the molecule is CN=C(NCc1csc(C(C)C)n1)NCc1ccccc1Cl.I. The number of halogens is 2. The summed E-state index contributed by atoms with van der Waals surface area (Å²) in [6.07, 6.45) is 0. The number of thiazole rings is 1. The maximum atomic E-state index is 6.15. The fourth-order valence-electron chi connectivity index (χ4n) is 1.88. The third kappa shape index (κ3) is 6.27. The van der Waals surface area contributed by atoms with Gasteiger partial charge in [0.05, 0.1) is 17.2 Å². The van der Waals surface area contributed by atoms with Gasteiger partial charge in [0, 0.05) is 29.9 Å². The molecule has 0 aliphatic rings. The Balaban J connectivity index is 0.00000264. The Morgan fingerprint density at radius 2 is 1.96 bits per heavy atom. The third-order valence-electron chi connectivity index (χ3n) is 3.13. The second-order valence-electron chi connectivity index (χ2n) is 5.20. The normalized spacial score (nSPS) is 11.3. The van der Waals surface area contributed by atoms with E-state index in [4.69, 9.17) is 11.6 Å². The molecule has 23 heavy (non-hydrogen) atoms. The topological polar surface area (TPSA) is 49.3 Å². The van der Waals surface area contributed by atoms with Crippen molar-refractivity contribution in [2.24, 2.45) is 4.99 Å². The average Bonchev–Trinajstić information content (AvgIpc) is 2.98. The molecule has 126 valence electrons. The minimum absolute atomic E-state index is 0. The molecule has 0 bridgehead atoms. The van der Waals surface area contributed by atoms with Crippen molar-refractivity contribution in [2.75, 3.05) is 7.05 Å². The van der Waals surface area contributed by atoms with Gasteiger partial charge in [0.2, 0.25) is 0 Å². The van der Waals surface area contributed by atoms with Crippen LogP contribution in [0.25, 0.3) is 0 Å². The summed E-state index contributed by atoms with van der Waals surface area (Å²) in [6, 6.07) is 7.78. The number of benzene rings is 1. The first-order chi connectivity index (χ1) is 10.6. The van der Waals surface area contributed by atoms with Gasteiger partial charge in [-0.2, -0.15) is 0 Å². The molecule has 2 rings (SSSR count). The Labute approximate surface area is 163 Å². The highest BCUT2D eigenvalue weighted by Crippen LogP contribution is 2.19. The van der Waals surface area contributed by atoms with Crippen LogP contribution in [0.1, 0.15) is 36.0 Å². The summed E-state index contributed by atoms with van der Waals surface area (Å²) < 4.78 is 0. The van der Waals surface area contributed by atoms with Crippen LogP contribution in [0.5, 0.6) is 0 Å². The van der Waals surface area contributed by atoms with Gasteiger partial charge >= 0.3 is 0 Å². The Bertz CT molecular complexity index is 643. The molecule has 0 radical (unpaired) electrons. The van der Waals surface area contributed by atoms with Crippen LogP contribution in [-0.4, -0.2) is 18.0 Å². The average molecular weight is 465 g/mol. The van der Waals surface area contributed by atoms with E-state index in [1.165, 1.54) is 0 Å². The Morgan fingerprint density at radius 1 is 1.26 bits per heavy atom. The number of hydrogen-bond donors (Lipinski definition) is 2. The number of nitrogens with zero attached hydrogens (tertiary/aromatic N) is 2. The molecule has 0 amide bonds. The summed E-state index contributed by atoms with van der Waals surface area (Å²) in [4.78, 5) is 8.82. The van der Waals surface area contributed by atoms with Crippen LogP contribution in [0.15, 0.2) is 34.6 Å². The van der Waals surface area contributed by atoms with E-state index >= 15 is 0 Å². The van der Waals surface area contributed by atoms with Gasteiger partial charge in [-0.1, -0.05) is 43.6 Å². The second-order valence-corrected chi connectivity index (χ2v) is 6.50. The summed E-state index contributed by atoms with van der Waals surface area (Å²) in [5.41, 5.74) is 2.08. The van der Waals surface area contributed by atoms with Crippen molar-refractivity contribution in [2.45, 2.75) is 32.9 Å². The molecule has 0 atom stereocenters. The summed E-state index contributed by atoms with van der Waals surface area (Å²) in [7, 11) is 1.75.